The van der Waals surface area contributed by atoms with Crippen LogP contribution in [0.2, 0.25) is 0 Å². The second-order valence-electron chi connectivity index (χ2n) is 1.97. The second kappa shape index (κ2) is 3.22. The van der Waals surface area contributed by atoms with E-state index in [2.05, 4.69) is 0 Å². The SMILES string of the molecule is CC(=O)/C=C(\F)N(C)C. The molecule has 0 aromatic heterocycles. The smallest absolute Gasteiger partial charge is 0.192 e. The Morgan fingerprint density at radius 2 is 2.00 bits per heavy atom. The lowest BCUT2D eigenvalue weighted by Crippen LogP contribution is -2.08. The molecule has 0 aromatic carbocycles. The van der Waals surface area contributed by atoms with Gasteiger partial charge in [0, 0.05) is 20.2 Å². The van der Waals surface area contributed by atoms with Gasteiger partial charge in [0.15, 0.2) is 11.7 Å². The predicted molar refractivity (Wildman–Crippen MR) is 33.6 cm³/mol. The maximum Gasteiger partial charge on any atom is 0.192 e. The van der Waals surface area contributed by atoms with Crippen LogP contribution in [0.4, 0.5) is 4.39 Å². The molecule has 0 rings (SSSR count). The molecule has 0 saturated carbocycles. The first-order valence-corrected chi connectivity index (χ1v) is 2.59. The molecule has 0 spiro atoms. The number of hydrogen-bond acceptors (Lipinski definition) is 2. The normalized spacial score (nSPS) is 11.3. The van der Waals surface area contributed by atoms with Gasteiger partial charge in [-0.2, -0.15) is 4.39 Å². The average Bonchev–Trinajstić information content (AvgIpc) is 1.63. The van der Waals surface area contributed by atoms with Crippen LogP contribution in [0.1, 0.15) is 6.92 Å². The molecule has 9 heavy (non-hydrogen) atoms. The highest BCUT2D eigenvalue weighted by molar-refractivity contribution is 5.87. The first kappa shape index (κ1) is 8.14. The minimum Gasteiger partial charge on any atom is -0.355 e. The summed E-state index contributed by atoms with van der Waals surface area (Å²) in [6, 6.07) is 0. The van der Waals surface area contributed by atoms with Gasteiger partial charge < -0.3 is 4.90 Å². The lowest BCUT2D eigenvalue weighted by atomic mass is 10.4. The van der Waals surface area contributed by atoms with Crippen molar-refractivity contribution in [2.24, 2.45) is 0 Å². The van der Waals surface area contributed by atoms with Gasteiger partial charge in [0.2, 0.25) is 0 Å². The molecule has 0 amide bonds. The number of allylic oxidation sites excluding steroid dienone is 1. The molecule has 0 fully saturated rings. The largest absolute Gasteiger partial charge is 0.355 e. The van der Waals surface area contributed by atoms with Gasteiger partial charge in [-0.15, -0.1) is 0 Å². The summed E-state index contributed by atoms with van der Waals surface area (Å²) in [7, 11) is 3.07. The lowest BCUT2D eigenvalue weighted by molar-refractivity contribution is -0.112. The van der Waals surface area contributed by atoms with Crippen LogP contribution >= 0.6 is 0 Å². The van der Waals surface area contributed by atoms with Gasteiger partial charge >= 0.3 is 0 Å². The van der Waals surface area contributed by atoms with E-state index in [-0.39, 0.29) is 5.78 Å². The number of rotatable bonds is 2. The molecule has 0 unspecified atom stereocenters. The van der Waals surface area contributed by atoms with Crippen LogP contribution in [0.25, 0.3) is 0 Å². The topological polar surface area (TPSA) is 20.3 Å². The molecule has 0 aliphatic rings. The third-order valence-electron chi connectivity index (χ3n) is 0.750. The van der Waals surface area contributed by atoms with Crippen molar-refractivity contribution < 1.29 is 9.18 Å². The van der Waals surface area contributed by atoms with Gasteiger partial charge in [0.25, 0.3) is 0 Å². The highest BCUT2D eigenvalue weighted by Crippen LogP contribution is 1.97. The predicted octanol–water partition coefficient (Wildman–Crippen LogP) is 0.948. The summed E-state index contributed by atoms with van der Waals surface area (Å²) < 4.78 is 12.3. The molecule has 0 N–H and O–H groups in total. The summed E-state index contributed by atoms with van der Waals surface area (Å²) in [5.41, 5.74) is 0. The molecule has 3 heteroatoms. The fraction of sp³-hybridized carbons (Fsp3) is 0.500. The highest BCUT2D eigenvalue weighted by Gasteiger charge is 1.96. The molecule has 0 saturated heterocycles. The fourth-order valence-electron chi connectivity index (χ4n) is 0.297. The van der Waals surface area contributed by atoms with Gasteiger partial charge in [0.1, 0.15) is 0 Å². The van der Waals surface area contributed by atoms with E-state index in [1.807, 2.05) is 0 Å². The molecule has 2 nitrogen and oxygen atoms in total. The average molecular weight is 131 g/mol. The fourth-order valence-corrected chi connectivity index (χ4v) is 0.297. The zero-order valence-corrected chi connectivity index (χ0v) is 5.81. The molecule has 0 bridgehead atoms. The Bertz CT molecular complexity index is 140. The third kappa shape index (κ3) is 3.70. The number of carbonyl (C=O) groups excluding carboxylic acids is 1. The summed E-state index contributed by atoms with van der Waals surface area (Å²) >= 11 is 0. The van der Waals surface area contributed by atoms with Crippen molar-refractivity contribution in [1.29, 1.82) is 0 Å². The number of nitrogens with zero attached hydrogens (tertiary/aromatic N) is 1. The Labute approximate surface area is 54.0 Å². The van der Waals surface area contributed by atoms with Gasteiger partial charge in [-0.05, 0) is 6.92 Å². The van der Waals surface area contributed by atoms with Crippen LogP contribution < -0.4 is 0 Å². The number of halogens is 1. The summed E-state index contributed by atoms with van der Waals surface area (Å²) in [6.07, 6.45) is 0.944. The van der Waals surface area contributed by atoms with Crippen LogP contribution in [-0.2, 0) is 4.79 Å². The van der Waals surface area contributed by atoms with Crippen molar-refractivity contribution in [2.45, 2.75) is 6.92 Å². The number of ketones is 1. The maximum atomic E-state index is 12.3. The Balaban J connectivity index is 4.00. The van der Waals surface area contributed by atoms with Gasteiger partial charge in [-0.25, -0.2) is 0 Å². The van der Waals surface area contributed by atoms with Gasteiger partial charge in [-0.3, -0.25) is 4.79 Å². The van der Waals surface area contributed by atoms with E-state index in [4.69, 9.17) is 0 Å². The van der Waals surface area contributed by atoms with E-state index < -0.39 is 5.95 Å². The molecular weight excluding hydrogens is 121 g/mol. The van der Waals surface area contributed by atoms with Crippen LogP contribution in [0.15, 0.2) is 12.0 Å². The molecule has 0 heterocycles. The minimum atomic E-state index is -0.512. The van der Waals surface area contributed by atoms with Crippen molar-refractivity contribution in [3.8, 4) is 0 Å². The van der Waals surface area contributed by atoms with Crippen molar-refractivity contribution >= 4 is 5.78 Å². The Hall–Kier alpha value is -0.860. The summed E-state index contributed by atoms with van der Waals surface area (Å²) in [4.78, 5) is 11.5. The van der Waals surface area contributed by atoms with Crippen LogP contribution in [0.5, 0.6) is 0 Å². The lowest BCUT2D eigenvalue weighted by Gasteiger charge is -2.06. The standard InChI is InChI=1S/C6H10FNO/c1-5(9)4-6(7)8(2)3/h4H,1-3H3/b6-4+. The van der Waals surface area contributed by atoms with E-state index in [1.54, 1.807) is 0 Å². The van der Waals surface area contributed by atoms with Gasteiger partial charge in [-0.1, -0.05) is 0 Å². The van der Waals surface area contributed by atoms with Crippen LogP contribution in [0, 0.1) is 0 Å². The van der Waals surface area contributed by atoms with Crippen molar-refractivity contribution in [3.63, 3.8) is 0 Å². The van der Waals surface area contributed by atoms with Crippen LogP contribution in [0.3, 0.4) is 0 Å². The van der Waals surface area contributed by atoms with Gasteiger partial charge in [0.05, 0.1) is 0 Å². The van der Waals surface area contributed by atoms with Crippen molar-refractivity contribution in [1.82, 2.24) is 4.90 Å². The van der Waals surface area contributed by atoms with E-state index in [9.17, 15) is 9.18 Å². The quantitative estimate of drug-likeness (QED) is 0.410. The summed E-state index contributed by atoms with van der Waals surface area (Å²) in [5, 5.41) is 0. The number of hydrogen-bond donors (Lipinski definition) is 0. The van der Waals surface area contributed by atoms with E-state index >= 15 is 0 Å². The molecule has 0 atom stereocenters. The minimum absolute atomic E-state index is 0.277. The van der Waals surface area contributed by atoms with Crippen molar-refractivity contribution in [3.05, 3.63) is 12.0 Å². The van der Waals surface area contributed by atoms with E-state index in [0.29, 0.717) is 0 Å². The Morgan fingerprint density at radius 1 is 1.56 bits per heavy atom. The molecule has 0 aliphatic carbocycles. The van der Waals surface area contributed by atoms with Crippen LogP contribution in [-0.4, -0.2) is 24.8 Å². The summed E-state index contributed by atoms with van der Waals surface area (Å²) in [5.74, 6) is -0.788. The first-order chi connectivity index (χ1) is 4.04. The van der Waals surface area contributed by atoms with E-state index in [1.165, 1.54) is 25.9 Å². The zero-order valence-electron chi connectivity index (χ0n) is 5.81. The first-order valence-electron chi connectivity index (χ1n) is 2.59. The summed E-state index contributed by atoms with van der Waals surface area (Å²) in [6.45, 7) is 1.31. The molecule has 0 aromatic rings. The molecular formula is C6H10FNO. The van der Waals surface area contributed by atoms with E-state index in [0.717, 1.165) is 6.08 Å². The molecule has 0 aliphatic heterocycles. The number of carbonyl (C=O) groups is 1. The van der Waals surface area contributed by atoms with Crippen molar-refractivity contribution in [2.75, 3.05) is 14.1 Å². The second-order valence-corrected chi connectivity index (χ2v) is 1.97. The third-order valence-corrected chi connectivity index (χ3v) is 0.750. The Kier molecular flexibility index (Phi) is 2.91. The highest BCUT2D eigenvalue weighted by atomic mass is 19.1. The maximum absolute atomic E-state index is 12.3. The zero-order chi connectivity index (χ0) is 7.44. The molecule has 0 radical (unpaired) electrons. The molecule has 52 valence electrons. The monoisotopic (exact) mass is 131 g/mol. The Morgan fingerprint density at radius 3 is 2.11 bits per heavy atom.